The van der Waals surface area contributed by atoms with E-state index < -0.39 is 11.6 Å². The number of nitrogens with zero attached hydrogens (tertiary/aromatic N) is 1. The summed E-state index contributed by atoms with van der Waals surface area (Å²) in [5, 5.41) is -0.364. The van der Waals surface area contributed by atoms with Gasteiger partial charge in [0.2, 0.25) is 5.89 Å². The minimum absolute atomic E-state index is 0.0629. The first-order valence-corrected chi connectivity index (χ1v) is 10.8. The molecule has 30 heavy (non-hydrogen) atoms. The third-order valence-electron chi connectivity index (χ3n) is 4.64. The van der Waals surface area contributed by atoms with E-state index in [4.69, 9.17) is 50.8 Å². The van der Waals surface area contributed by atoms with E-state index >= 15 is 0 Å². The minimum Gasteiger partial charge on any atom is -0.436 e. The Morgan fingerprint density at radius 2 is 1.47 bits per heavy atom. The third kappa shape index (κ3) is 2.93. The van der Waals surface area contributed by atoms with Gasteiger partial charge in [-0.15, -0.1) is 11.3 Å². The summed E-state index contributed by atoms with van der Waals surface area (Å²) >= 11 is 25.8. The molecule has 4 nitrogen and oxygen atoms in total. The predicted molar refractivity (Wildman–Crippen MR) is 120 cm³/mol. The van der Waals surface area contributed by atoms with Crippen LogP contribution in [0.1, 0.15) is 26.6 Å². The molecule has 0 aliphatic heterocycles. The van der Waals surface area contributed by atoms with Gasteiger partial charge in [-0.25, -0.2) is 0 Å². The summed E-state index contributed by atoms with van der Waals surface area (Å²) in [6.07, 6.45) is 1.29. The molecule has 0 radical (unpaired) electrons. The number of allylic oxidation sites excluding steroid dienone is 1. The van der Waals surface area contributed by atoms with Gasteiger partial charge in [-0.3, -0.25) is 9.59 Å². The van der Waals surface area contributed by atoms with Crippen LogP contribution < -0.4 is 0 Å². The number of ketones is 2. The second-order valence-electron chi connectivity index (χ2n) is 6.42. The lowest BCUT2D eigenvalue weighted by Gasteiger charge is -2.07. The summed E-state index contributed by atoms with van der Waals surface area (Å²) in [6.45, 7) is 0. The van der Waals surface area contributed by atoms with E-state index in [0.717, 1.165) is 10.4 Å². The van der Waals surface area contributed by atoms with Crippen LogP contribution in [0, 0.1) is 0 Å². The van der Waals surface area contributed by atoms with Gasteiger partial charge in [-0.05, 0) is 5.56 Å². The number of oxazole rings is 1. The molecule has 5 rings (SSSR count). The first-order chi connectivity index (χ1) is 14.4. The van der Waals surface area contributed by atoms with E-state index in [9.17, 15) is 9.59 Å². The molecule has 0 fully saturated rings. The molecule has 9 heteroatoms. The summed E-state index contributed by atoms with van der Waals surface area (Å²) in [7, 11) is 0. The van der Waals surface area contributed by atoms with Crippen LogP contribution in [0.3, 0.4) is 0 Å². The van der Waals surface area contributed by atoms with Crippen molar-refractivity contribution in [1.29, 1.82) is 0 Å². The van der Waals surface area contributed by atoms with E-state index in [1.807, 2.05) is 36.4 Å². The van der Waals surface area contributed by atoms with Crippen molar-refractivity contribution < 1.29 is 14.0 Å². The van der Waals surface area contributed by atoms with Gasteiger partial charge in [-0.2, -0.15) is 4.98 Å². The molecular formula is C21H7Cl4NO3S. The quantitative estimate of drug-likeness (QED) is 0.124. The summed E-state index contributed by atoms with van der Waals surface area (Å²) in [4.78, 5) is 31.7. The number of carbonyl (C=O) groups excluding carboxylic acids is 2. The topological polar surface area (TPSA) is 60.2 Å². The number of rotatable bonds is 2. The van der Waals surface area contributed by atoms with E-state index in [1.165, 1.54) is 17.4 Å². The van der Waals surface area contributed by atoms with Crippen molar-refractivity contribution in [2.45, 2.75) is 0 Å². The van der Waals surface area contributed by atoms with Gasteiger partial charge in [0.25, 0.3) is 0 Å². The number of fused-ring (bicyclic) bond motifs is 2. The Labute approximate surface area is 193 Å². The van der Waals surface area contributed by atoms with E-state index in [2.05, 4.69) is 4.98 Å². The standard InChI is InChI=1S/C21H7Cl4NO3S/c22-15-13-14(16(23)18(25)17(15)24)20(28)9(19(13)27)6-12-26-21-10(29-12)7-11(30-21)8-4-2-1-3-5-8/h1-7H. The molecule has 0 unspecified atom stereocenters. The van der Waals surface area contributed by atoms with Crippen molar-refractivity contribution >= 4 is 85.8 Å². The Bertz CT molecular complexity index is 1340. The van der Waals surface area contributed by atoms with Crippen molar-refractivity contribution in [1.82, 2.24) is 4.98 Å². The number of Topliss-reactive ketones (excluding diaryl/α,β-unsaturated/α-hetero) is 2. The van der Waals surface area contributed by atoms with Crippen molar-refractivity contribution in [3.63, 3.8) is 0 Å². The van der Waals surface area contributed by atoms with Crippen molar-refractivity contribution in [2.75, 3.05) is 0 Å². The molecular weight excluding hydrogens is 488 g/mol. The third-order valence-corrected chi connectivity index (χ3v) is 7.50. The Balaban J connectivity index is 1.57. The summed E-state index contributed by atoms with van der Waals surface area (Å²) in [5.41, 5.74) is 1.32. The van der Waals surface area contributed by atoms with Crippen LogP contribution in [0.2, 0.25) is 20.1 Å². The maximum absolute atomic E-state index is 12.8. The smallest absolute Gasteiger partial charge is 0.221 e. The van der Waals surface area contributed by atoms with Gasteiger partial charge in [0.15, 0.2) is 22.0 Å². The average Bonchev–Trinajstić information content (AvgIpc) is 3.38. The molecule has 2 aromatic carbocycles. The number of hydrogen-bond acceptors (Lipinski definition) is 5. The van der Waals surface area contributed by atoms with E-state index in [-0.39, 0.29) is 42.7 Å². The highest BCUT2D eigenvalue weighted by Crippen LogP contribution is 2.46. The van der Waals surface area contributed by atoms with Crippen LogP contribution >= 0.6 is 57.7 Å². The van der Waals surface area contributed by atoms with Crippen LogP contribution in [0.5, 0.6) is 0 Å². The fraction of sp³-hybridized carbons (Fsp3) is 0. The average molecular weight is 495 g/mol. The highest BCUT2D eigenvalue weighted by molar-refractivity contribution is 7.21. The SMILES string of the molecule is O=C1C(=Cc2nc3sc(-c4ccccc4)cc3o2)C(=O)c2c(Cl)c(Cl)c(Cl)c(Cl)c21. The summed E-state index contributed by atoms with van der Waals surface area (Å²) in [6, 6.07) is 11.7. The highest BCUT2D eigenvalue weighted by Gasteiger charge is 2.40. The fourth-order valence-corrected chi connectivity index (χ4v) is 5.23. The molecule has 0 spiro atoms. The molecule has 1 aliphatic carbocycles. The molecule has 4 aromatic rings. The molecule has 0 saturated carbocycles. The zero-order valence-electron chi connectivity index (χ0n) is 14.6. The first-order valence-electron chi connectivity index (χ1n) is 8.49. The van der Waals surface area contributed by atoms with Gasteiger partial charge in [-0.1, -0.05) is 76.7 Å². The number of benzene rings is 2. The second-order valence-corrected chi connectivity index (χ2v) is 8.96. The molecule has 0 bridgehead atoms. The van der Waals surface area contributed by atoms with Crippen molar-refractivity contribution in [3.8, 4) is 10.4 Å². The van der Waals surface area contributed by atoms with E-state index in [0.29, 0.717) is 10.4 Å². The first kappa shape index (κ1) is 19.8. The maximum Gasteiger partial charge on any atom is 0.221 e. The Morgan fingerprint density at radius 1 is 0.867 bits per heavy atom. The summed E-state index contributed by atoms with van der Waals surface area (Å²) < 4.78 is 5.74. The minimum atomic E-state index is -0.605. The van der Waals surface area contributed by atoms with Gasteiger partial charge in [0.05, 0.1) is 36.8 Å². The normalized spacial score (nSPS) is 13.4. The van der Waals surface area contributed by atoms with Gasteiger partial charge < -0.3 is 4.42 Å². The van der Waals surface area contributed by atoms with Crippen LogP contribution in [0.25, 0.3) is 26.9 Å². The molecule has 0 atom stereocenters. The number of aromatic nitrogens is 1. The Hall–Kier alpha value is -2.15. The highest BCUT2D eigenvalue weighted by atomic mass is 35.5. The molecule has 1 aliphatic rings. The number of hydrogen-bond donors (Lipinski definition) is 0. The number of carbonyl (C=O) groups is 2. The van der Waals surface area contributed by atoms with Crippen LogP contribution in [-0.2, 0) is 0 Å². The van der Waals surface area contributed by atoms with Crippen LogP contribution in [0.15, 0.2) is 46.4 Å². The fourth-order valence-electron chi connectivity index (χ4n) is 3.24. The largest absolute Gasteiger partial charge is 0.436 e. The monoisotopic (exact) mass is 493 g/mol. The zero-order valence-corrected chi connectivity index (χ0v) is 18.5. The molecule has 0 saturated heterocycles. The Morgan fingerprint density at radius 3 is 2.03 bits per heavy atom. The van der Waals surface area contributed by atoms with Crippen LogP contribution in [-0.4, -0.2) is 16.6 Å². The van der Waals surface area contributed by atoms with Gasteiger partial charge in [0, 0.05) is 17.0 Å². The Kier molecular flexibility index (Phi) is 4.76. The molecule has 2 heterocycles. The lowest BCUT2D eigenvalue weighted by molar-refractivity contribution is 0.0990. The predicted octanol–water partition coefficient (Wildman–Crippen LogP) is 7.63. The van der Waals surface area contributed by atoms with Crippen molar-refractivity contribution in [2.24, 2.45) is 0 Å². The number of halogens is 4. The lowest BCUT2D eigenvalue weighted by atomic mass is 10.1. The summed E-state index contributed by atoms with van der Waals surface area (Å²) in [5.74, 6) is -1.08. The molecule has 148 valence electrons. The van der Waals surface area contributed by atoms with Gasteiger partial charge in [0.1, 0.15) is 0 Å². The van der Waals surface area contributed by atoms with Gasteiger partial charge >= 0.3 is 0 Å². The second kappa shape index (κ2) is 7.22. The van der Waals surface area contributed by atoms with E-state index in [1.54, 1.807) is 0 Å². The van der Waals surface area contributed by atoms with Crippen molar-refractivity contribution in [3.05, 3.63) is 79.1 Å². The lowest BCUT2D eigenvalue weighted by Crippen LogP contribution is -2.00. The molecule has 2 aromatic heterocycles. The molecule has 0 N–H and O–H groups in total. The van der Waals surface area contributed by atoms with Crippen LogP contribution in [0.4, 0.5) is 0 Å². The maximum atomic E-state index is 12.8. The number of thiophene rings is 1. The zero-order chi connectivity index (χ0) is 21.2. The molecule has 0 amide bonds.